The van der Waals surface area contributed by atoms with Crippen LogP contribution < -0.4 is 14.9 Å². The molecule has 0 bridgehead atoms. The van der Waals surface area contributed by atoms with E-state index in [1.54, 1.807) is 7.05 Å². The first-order chi connectivity index (χ1) is 15.3. The summed E-state index contributed by atoms with van der Waals surface area (Å²) in [7, 11) is -1.74. The third kappa shape index (κ3) is 5.27. The van der Waals surface area contributed by atoms with Gasteiger partial charge in [-0.2, -0.15) is 0 Å². The normalized spacial score (nSPS) is 22.7. The van der Waals surface area contributed by atoms with Crippen LogP contribution in [0, 0.1) is 5.92 Å². The molecule has 1 aliphatic carbocycles. The number of ether oxygens (including phenoxy) is 1. The van der Waals surface area contributed by atoms with Crippen molar-refractivity contribution in [1.29, 1.82) is 0 Å². The van der Waals surface area contributed by atoms with Crippen LogP contribution in [-0.2, 0) is 16.4 Å². The summed E-state index contributed by atoms with van der Waals surface area (Å²) in [6.45, 7) is 0.873. The summed E-state index contributed by atoms with van der Waals surface area (Å²) in [5.74, 6) is 7.67. The van der Waals surface area contributed by atoms with Gasteiger partial charge in [0.05, 0.1) is 24.1 Å². The lowest BCUT2D eigenvalue weighted by molar-refractivity contribution is 0.0918. The number of benzene rings is 2. The summed E-state index contributed by atoms with van der Waals surface area (Å²) in [4.78, 5) is 0. The number of hydrogen-bond acceptors (Lipinski definition) is 5. The molecule has 0 radical (unpaired) electrons. The predicted octanol–water partition coefficient (Wildman–Crippen LogP) is 4.27. The van der Waals surface area contributed by atoms with E-state index >= 15 is 0 Å². The Morgan fingerprint density at radius 2 is 1.78 bits per heavy atom. The maximum Gasteiger partial charge on any atom is 0.231 e. The first-order valence-corrected chi connectivity index (χ1v) is 13.5. The average Bonchev–Trinajstić information content (AvgIpc) is 3.28. The maximum absolute atomic E-state index is 12.1. The van der Waals surface area contributed by atoms with Gasteiger partial charge in [0, 0.05) is 13.6 Å². The van der Waals surface area contributed by atoms with E-state index in [9.17, 15) is 8.42 Å². The smallest absolute Gasteiger partial charge is 0.231 e. The minimum Gasteiger partial charge on any atom is -0.490 e. The van der Waals surface area contributed by atoms with E-state index in [4.69, 9.17) is 10.6 Å². The van der Waals surface area contributed by atoms with Crippen LogP contribution in [-0.4, -0.2) is 39.4 Å². The minimum atomic E-state index is -3.34. The number of nitrogens with two attached hydrogens (primary N) is 1. The highest BCUT2D eigenvalue weighted by atomic mass is 32.2. The van der Waals surface area contributed by atoms with Crippen LogP contribution in [0.3, 0.4) is 0 Å². The molecule has 6 nitrogen and oxygen atoms in total. The molecule has 2 fully saturated rings. The number of rotatable bonds is 7. The van der Waals surface area contributed by atoms with Crippen molar-refractivity contribution < 1.29 is 13.2 Å². The van der Waals surface area contributed by atoms with E-state index < -0.39 is 10.0 Å². The highest BCUT2D eigenvalue weighted by Gasteiger charge is 2.32. The molecule has 1 aliphatic heterocycles. The van der Waals surface area contributed by atoms with E-state index in [0.29, 0.717) is 11.6 Å². The van der Waals surface area contributed by atoms with Crippen LogP contribution in [0.4, 0.5) is 5.69 Å². The Kier molecular flexibility index (Phi) is 7.08. The zero-order valence-corrected chi connectivity index (χ0v) is 19.9. The van der Waals surface area contributed by atoms with Gasteiger partial charge in [-0.1, -0.05) is 30.3 Å². The zero-order chi connectivity index (χ0) is 22.7. The maximum atomic E-state index is 12.1. The third-order valence-electron chi connectivity index (χ3n) is 6.92. The molecule has 0 aromatic heterocycles. The molecule has 32 heavy (non-hydrogen) atoms. The first kappa shape index (κ1) is 23.1. The van der Waals surface area contributed by atoms with Gasteiger partial charge in [0.25, 0.3) is 0 Å². The molecular weight excluding hydrogens is 422 g/mol. The molecule has 2 aromatic carbocycles. The lowest BCUT2D eigenvalue weighted by atomic mass is 9.81. The Morgan fingerprint density at radius 3 is 2.47 bits per heavy atom. The van der Waals surface area contributed by atoms with Crippen molar-refractivity contribution >= 4 is 15.7 Å². The molecule has 2 aliphatic rings. The van der Waals surface area contributed by atoms with E-state index in [1.165, 1.54) is 29.0 Å². The summed E-state index contributed by atoms with van der Waals surface area (Å²) in [5, 5.41) is 1.97. The van der Waals surface area contributed by atoms with E-state index in [-0.39, 0.29) is 12.1 Å². The molecular formula is C25H35N3O3S. The SMILES string of the molecule is CN(c1ccc(OC2CCCC2)c(CC2CCCN(N)C2c2ccccc2)c1)S(C)(=O)=O. The van der Waals surface area contributed by atoms with Crippen molar-refractivity contribution in [2.24, 2.45) is 11.8 Å². The van der Waals surface area contributed by atoms with Gasteiger partial charge >= 0.3 is 0 Å². The second kappa shape index (κ2) is 9.81. The van der Waals surface area contributed by atoms with Crippen LogP contribution >= 0.6 is 0 Å². The molecule has 2 unspecified atom stereocenters. The molecule has 2 aromatic rings. The fourth-order valence-electron chi connectivity index (χ4n) is 5.13. The second-order valence-electron chi connectivity index (χ2n) is 9.25. The predicted molar refractivity (Wildman–Crippen MR) is 129 cm³/mol. The van der Waals surface area contributed by atoms with E-state index in [2.05, 4.69) is 24.3 Å². The van der Waals surface area contributed by atoms with E-state index in [0.717, 1.165) is 50.0 Å². The standard InChI is InChI=1S/C25H35N3O3S/c1-27(32(2,29)30)22-14-15-24(31-23-12-6-7-13-23)21(18-22)17-20-11-8-16-28(26)25(20)19-9-4-3-5-10-19/h3-5,9-10,14-15,18,20,23,25H,6-8,11-13,16-17,26H2,1-2H3. The quantitative estimate of drug-likeness (QED) is 0.628. The highest BCUT2D eigenvalue weighted by Crippen LogP contribution is 2.39. The van der Waals surface area contributed by atoms with Gasteiger partial charge in [0.2, 0.25) is 10.0 Å². The first-order valence-electron chi connectivity index (χ1n) is 11.6. The summed E-state index contributed by atoms with van der Waals surface area (Å²) < 4.78 is 32.1. The minimum absolute atomic E-state index is 0.126. The Balaban J connectivity index is 1.67. The van der Waals surface area contributed by atoms with Gasteiger partial charge in [0.15, 0.2) is 0 Å². The van der Waals surface area contributed by atoms with Gasteiger partial charge < -0.3 is 4.74 Å². The molecule has 7 heteroatoms. The molecule has 4 rings (SSSR count). The Labute approximate surface area is 192 Å². The molecule has 1 heterocycles. The lowest BCUT2D eigenvalue weighted by Crippen LogP contribution is -2.44. The number of nitrogens with zero attached hydrogens (tertiary/aromatic N) is 2. The lowest BCUT2D eigenvalue weighted by Gasteiger charge is -2.39. The fraction of sp³-hybridized carbons (Fsp3) is 0.520. The van der Waals surface area contributed by atoms with Gasteiger partial charge in [-0.05, 0) is 80.2 Å². The van der Waals surface area contributed by atoms with Crippen molar-refractivity contribution in [1.82, 2.24) is 5.01 Å². The van der Waals surface area contributed by atoms with Crippen molar-refractivity contribution in [2.75, 3.05) is 24.2 Å². The molecule has 174 valence electrons. The summed E-state index contributed by atoms with van der Waals surface area (Å²) in [6, 6.07) is 16.4. The van der Waals surface area contributed by atoms with Crippen LogP contribution in [0.15, 0.2) is 48.5 Å². The Hall–Kier alpha value is -2.09. The molecule has 1 saturated carbocycles. The molecule has 0 amide bonds. The Morgan fingerprint density at radius 1 is 1.06 bits per heavy atom. The molecule has 1 saturated heterocycles. The van der Waals surface area contributed by atoms with Gasteiger partial charge in [-0.15, -0.1) is 0 Å². The van der Waals surface area contributed by atoms with E-state index in [1.807, 2.05) is 29.3 Å². The van der Waals surface area contributed by atoms with Crippen LogP contribution in [0.2, 0.25) is 0 Å². The fourth-order valence-corrected chi connectivity index (χ4v) is 5.62. The van der Waals surface area contributed by atoms with Gasteiger partial charge in [-0.3, -0.25) is 10.1 Å². The van der Waals surface area contributed by atoms with Gasteiger partial charge in [0.1, 0.15) is 5.75 Å². The third-order valence-corrected chi connectivity index (χ3v) is 8.12. The van der Waals surface area contributed by atoms with Crippen molar-refractivity contribution in [2.45, 2.75) is 57.1 Å². The molecule has 2 atom stereocenters. The van der Waals surface area contributed by atoms with Crippen molar-refractivity contribution in [3.05, 3.63) is 59.7 Å². The second-order valence-corrected chi connectivity index (χ2v) is 11.3. The monoisotopic (exact) mass is 457 g/mol. The van der Waals surface area contributed by atoms with Crippen LogP contribution in [0.5, 0.6) is 5.75 Å². The summed E-state index contributed by atoms with van der Waals surface area (Å²) in [5.41, 5.74) is 2.95. The van der Waals surface area contributed by atoms with Gasteiger partial charge in [-0.25, -0.2) is 13.4 Å². The van der Waals surface area contributed by atoms with Crippen molar-refractivity contribution in [3.63, 3.8) is 0 Å². The highest BCUT2D eigenvalue weighted by molar-refractivity contribution is 7.92. The number of piperidine rings is 1. The molecule has 0 spiro atoms. The Bertz CT molecular complexity index is 1010. The average molecular weight is 458 g/mol. The largest absolute Gasteiger partial charge is 0.490 e. The van der Waals surface area contributed by atoms with Crippen molar-refractivity contribution in [3.8, 4) is 5.75 Å². The topological polar surface area (TPSA) is 75.9 Å². The number of hydrogen-bond donors (Lipinski definition) is 1. The number of sulfonamides is 1. The molecule has 2 N–H and O–H groups in total. The summed E-state index contributed by atoms with van der Waals surface area (Å²) in [6.07, 6.45) is 8.96. The van der Waals surface area contributed by atoms with Crippen LogP contribution in [0.25, 0.3) is 0 Å². The number of hydrazine groups is 1. The zero-order valence-electron chi connectivity index (χ0n) is 19.1. The summed E-state index contributed by atoms with van der Waals surface area (Å²) >= 11 is 0. The number of anilines is 1. The van der Waals surface area contributed by atoms with Crippen LogP contribution in [0.1, 0.15) is 55.7 Å².